The van der Waals surface area contributed by atoms with Gasteiger partial charge in [-0.05, 0) is 51.1 Å². The van der Waals surface area contributed by atoms with Gasteiger partial charge in [-0.3, -0.25) is 4.90 Å². The Kier molecular flexibility index (Phi) is 77.8. The Morgan fingerprint density at radius 3 is 1.00 bits per heavy atom. The summed E-state index contributed by atoms with van der Waals surface area (Å²) >= 11 is 0. The molecule has 5 N–H and O–H groups in total. The third-order valence-corrected chi connectivity index (χ3v) is 11.9. The maximum atomic E-state index is 10.6. The minimum Gasteiger partial charge on any atom is -0.392 e. The normalized spacial score (nSPS) is 12.8. The van der Waals surface area contributed by atoms with Gasteiger partial charge >= 0.3 is 0 Å². The van der Waals surface area contributed by atoms with Gasteiger partial charge in [0.05, 0.1) is 18.3 Å². The molecule has 0 fully saturated rings. The minimum absolute atomic E-state index is 0.137. The standard InChI is InChI=1S/C29H62N2O2.C15H33NO.C9H20.2C2H6/c1-4-7-9-11-13-15-17-19-21-28(32)26-31(25-24-30-23-6-3)27-29(33)22-20-18-16-14-12-10-8-5-2;1-3-5-6-7-8-9-10-11-12-15(17)14-16-13-4-2;1-4-6-7-8-9(3)5-2;2*1-2/h28-30,32-33H,4-27H2,1-3H3;15-17H,3-14H2,1-2H3;9H,4-8H2,1-3H3;2*1-2H3. The number of rotatable bonds is 45. The first kappa shape index (κ1) is 71.8. The highest BCUT2D eigenvalue weighted by atomic mass is 16.3. The zero-order chi connectivity index (χ0) is 48.3. The van der Waals surface area contributed by atoms with E-state index in [-0.39, 0.29) is 18.3 Å². The summed E-state index contributed by atoms with van der Waals surface area (Å²) in [6, 6.07) is 0. The van der Waals surface area contributed by atoms with Gasteiger partial charge in [-0.2, -0.15) is 0 Å². The molecule has 388 valence electrons. The summed E-state index contributed by atoms with van der Waals surface area (Å²) in [6.07, 6.45) is 42.9. The number of hydrogen-bond acceptors (Lipinski definition) is 6. The van der Waals surface area contributed by atoms with Crippen LogP contribution < -0.4 is 10.6 Å². The van der Waals surface area contributed by atoms with Crippen LogP contribution in [0.25, 0.3) is 0 Å². The van der Waals surface area contributed by atoms with Gasteiger partial charge < -0.3 is 26.0 Å². The molecule has 4 atom stereocenters. The van der Waals surface area contributed by atoms with Gasteiger partial charge in [-0.1, -0.05) is 269 Å². The summed E-state index contributed by atoms with van der Waals surface area (Å²) in [5, 5.41) is 37.6. The highest BCUT2D eigenvalue weighted by molar-refractivity contribution is 4.71. The van der Waals surface area contributed by atoms with Gasteiger partial charge in [0.1, 0.15) is 0 Å². The van der Waals surface area contributed by atoms with Crippen molar-refractivity contribution in [3.63, 3.8) is 0 Å². The molecule has 63 heavy (non-hydrogen) atoms. The third kappa shape index (κ3) is 70.9. The molecule has 6 nitrogen and oxygen atoms in total. The van der Waals surface area contributed by atoms with Crippen molar-refractivity contribution in [3.8, 4) is 0 Å². The smallest absolute Gasteiger partial charge is 0.0667 e. The molecule has 0 radical (unpaired) electrons. The van der Waals surface area contributed by atoms with Crippen LogP contribution in [0.15, 0.2) is 0 Å². The van der Waals surface area contributed by atoms with Crippen LogP contribution in [0.4, 0.5) is 0 Å². The first-order valence-corrected chi connectivity index (χ1v) is 28.9. The molecule has 0 aromatic heterocycles. The number of unbranched alkanes of at least 4 members (excludes halogenated alkanes) is 23. The van der Waals surface area contributed by atoms with E-state index in [2.05, 4.69) is 70.9 Å². The van der Waals surface area contributed by atoms with Crippen molar-refractivity contribution in [3.05, 3.63) is 0 Å². The molecule has 0 rings (SSSR count). The zero-order valence-electron chi connectivity index (χ0n) is 46.1. The fourth-order valence-corrected chi connectivity index (χ4v) is 7.61. The summed E-state index contributed by atoms with van der Waals surface area (Å²) < 4.78 is 0. The molecule has 4 unspecified atom stereocenters. The predicted octanol–water partition coefficient (Wildman–Crippen LogP) is 16.6. The van der Waals surface area contributed by atoms with E-state index in [0.717, 1.165) is 83.6 Å². The van der Waals surface area contributed by atoms with E-state index in [0.29, 0.717) is 13.1 Å². The van der Waals surface area contributed by atoms with E-state index in [9.17, 15) is 15.3 Å². The maximum Gasteiger partial charge on any atom is 0.0667 e. The van der Waals surface area contributed by atoms with Crippen LogP contribution in [-0.4, -0.2) is 84.3 Å². The minimum atomic E-state index is -0.272. The topological polar surface area (TPSA) is 88.0 Å². The van der Waals surface area contributed by atoms with E-state index in [1.54, 1.807) is 0 Å². The average Bonchev–Trinajstić information content (AvgIpc) is 3.29. The maximum absolute atomic E-state index is 10.6. The molecule has 0 aliphatic heterocycles. The number of aliphatic hydroxyl groups is 3. The second kappa shape index (κ2) is 68.3. The Bertz CT molecular complexity index is 686. The summed E-state index contributed by atoms with van der Waals surface area (Å²) in [4.78, 5) is 2.29. The summed E-state index contributed by atoms with van der Waals surface area (Å²) in [6.45, 7) is 32.1. The van der Waals surface area contributed by atoms with E-state index in [1.807, 2.05) is 27.7 Å². The highest BCUT2D eigenvalue weighted by Gasteiger charge is 2.16. The molecule has 0 aromatic rings. The summed E-state index contributed by atoms with van der Waals surface area (Å²) in [5.41, 5.74) is 0. The van der Waals surface area contributed by atoms with Crippen LogP contribution >= 0.6 is 0 Å². The van der Waals surface area contributed by atoms with Crippen molar-refractivity contribution in [1.29, 1.82) is 0 Å². The Hall–Kier alpha value is -0.240. The van der Waals surface area contributed by atoms with Crippen LogP contribution in [-0.2, 0) is 0 Å². The van der Waals surface area contributed by atoms with Crippen LogP contribution in [0.5, 0.6) is 0 Å². The monoisotopic (exact) mass is 902 g/mol. The second-order valence-electron chi connectivity index (χ2n) is 18.5. The first-order chi connectivity index (χ1) is 30.7. The van der Waals surface area contributed by atoms with Crippen molar-refractivity contribution < 1.29 is 15.3 Å². The number of hydrogen-bond donors (Lipinski definition) is 5. The lowest BCUT2D eigenvalue weighted by Crippen LogP contribution is -2.41. The van der Waals surface area contributed by atoms with Crippen molar-refractivity contribution in [2.75, 3.05) is 45.8 Å². The predicted molar refractivity (Wildman–Crippen MR) is 289 cm³/mol. The average molecular weight is 903 g/mol. The van der Waals surface area contributed by atoms with Gasteiger partial charge in [0.15, 0.2) is 0 Å². The van der Waals surface area contributed by atoms with Gasteiger partial charge in [-0.15, -0.1) is 0 Å². The van der Waals surface area contributed by atoms with E-state index >= 15 is 0 Å². The lowest BCUT2D eigenvalue weighted by atomic mass is 10.0. The van der Waals surface area contributed by atoms with Crippen LogP contribution in [0, 0.1) is 5.92 Å². The zero-order valence-corrected chi connectivity index (χ0v) is 46.1. The van der Waals surface area contributed by atoms with Gasteiger partial charge in [0, 0.05) is 32.7 Å². The molecule has 0 bridgehead atoms. The first-order valence-electron chi connectivity index (χ1n) is 28.9. The Balaban J connectivity index is -0.000000308. The van der Waals surface area contributed by atoms with Gasteiger partial charge in [-0.25, -0.2) is 0 Å². The fraction of sp³-hybridized carbons (Fsp3) is 1.00. The summed E-state index contributed by atoms with van der Waals surface area (Å²) in [5.74, 6) is 0.955. The molecule has 0 saturated heterocycles. The van der Waals surface area contributed by atoms with Crippen LogP contribution in [0.2, 0.25) is 0 Å². The Morgan fingerprint density at radius 2 is 0.651 bits per heavy atom. The highest BCUT2D eigenvalue weighted by Crippen LogP contribution is 2.15. The molecule has 0 aromatic carbocycles. The lowest BCUT2D eigenvalue weighted by molar-refractivity contribution is 0.0610. The molecule has 0 aliphatic carbocycles. The Morgan fingerprint density at radius 1 is 0.349 bits per heavy atom. The molecular formula is C57H127N3O3. The van der Waals surface area contributed by atoms with Crippen molar-refractivity contribution in [2.45, 2.75) is 320 Å². The summed E-state index contributed by atoms with van der Waals surface area (Å²) in [7, 11) is 0. The van der Waals surface area contributed by atoms with Gasteiger partial charge in [0.2, 0.25) is 0 Å². The number of aliphatic hydroxyl groups excluding tert-OH is 3. The van der Waals surface area contributed by atoms with E-state index in [4.69, 9.17) is 0 Å². The SMILES string of the molecule is CC.CC.CCCCCC(C)CC.CCCCCCCCCCC(O)CN(CCNCCC)CC(O)CCCCCCCCCC.CCCCCCCCCCC(O)CNCCC. The molecule has 0 amide bonds. The van der Waals surface area contributed by atoms with Crippen LogP contribution in [0.1, 0.15) is 301 Å². The van der Waals surface area contributed by atoms with Crippen molar-refractivity contribution >= 4 is 0 Å². The lowest BCUT2D eigenvalue weighted by Gasteiger charge is -2.27. The van der Waals surface area contributed by atoms with Crippen molar-refractivity contribution in [1.82, 2.24) is 15.5 Å². The molecule has 0 heterocycles. The third-order valence-electron chi connectivity index (χ3n) is 11.9. The molecule has 0 aliphatic rings. The number of nitrogens with zero attached hydrogens (tertiary/aromatic N) is 1. The Labute approximate surface area is 400 Å². The van der Waals surface area contributed by atoms with Crippen LogP contribution in [0.3, 0.4) is 0 Å². The molecule has 0 spiro atoms. The fourth-order valence-electron chi connectivity index (χ4n) is 7.61. The molecule has 0 saturated carbocycles. The van der Waals surface area contributed by atoms with E-state index < -0.39 is 0 Å². The largest absolute Gasteiger partial charge is 0.392 e. The second-order valence-corrected chi connectivity index (χ2v) is 18.5. The van der Waals surface area contributed by atoms with Gasteiger partial charge in [0.25, 0.3) is 0 Å². The molecular weight excluding hydrogens is 775 g/mol. The molecule has 6 heteroatoms. The number of nitrogens with one attached hydrogen (secondary N) is 2. The van der Waals surface area contributed by atoms with E-state index in [1.165, 1.54) is 173 Å². The quantitative estimate of drug-likeness (QED) is 0.0391. The van der Waals surface area contributed by atoms with Crippen molar-refractivity contribution in [2.24, 2.45) is 5.92 Å².